The van der Waals surface area contributed by atoms with Crippen LogP contribution in [-0.4, -0.2) is 33.2 Å². The average molecular weight is 536 g/mol. The highest BCUT2D eigenvalue weighted by atomic mass is 19.4. The Kier molecular flexibility index (Phi) is 6.60. The Bertz CT molecular complexity index is 1670. The summed E-state index contributed by atoms with van der Waals surface area (Å²) in [5, 5.41) is 10.1. The molecule has 12 heteroatoms. The fraction of sp³-hybridized carbons (Fsp3) is 0.111. The summed E-state index contributed by atoms with van der Waals surface area (Å²) in [7, 11) is 1.56. The molecule has 8 nitrogen and oxygen atoms in total. The van der Waals surface area contributed by atoms with Gasteiger partial charge in [-0.1, -0.05) is 6.07 Å². The predicted molar refractivity (Wildman–Crippen MR) is 137 cm³/mol. The number of H-pyrrole nitrogens is 1. The molecule has 2 N–H and O–H groups in total. The zero-order valence-corrected chi connectivity index (χ0v) is 20.5. The zero-order valence-electron chi connectivity index (χ0n) is 20.5. The number of anilines is 4. The number of hydrogen-bond donors (Lipinski definition) is 2. The van der Waals surface area contributed by atoms with E-state index in [1.54, 1.807) is 43.6 Å². The second-order valence-corrected chi connectivity index (χ2v) is 8.51. The summed E-state index contributed by atoms with van der Waals surface area (Å²) >= 11 is 0. The molecule has 198 valence electrons. The largest absolute Gasteiger partial charge is 0.497 e. The monoisotopic (exact) mass is 536 g/mol. The molecule has 0 unspecified atom stereocenters. The van der Waals surface area contributed by atoms with Crippen LogP contribution in [0.15, 0.2) is 73.2 Å². The number of carbonyl (C=O) groups is 1. The lowest BCUT2D eigenvalue weighted by atomic mass is 10.1. The predicted octanol–water partition coefficient (Wildman–Crippen LogP) is 6.55. The van der Waals surface area contributed by atoms with E-state index in [4.69, 9.17) is 4.74 Å². The second kappa shape index (κ2) is 10.0. The molecule has 5 rings (SSSR count). The molecule has 0 atom stereocenters. The maximum Gasteiger partial charge on any atom is 0.419 e. The molecule has 5 aromatic rings. The van der Waals surface area contributed by atoms with Gasteiger partial charge in [0, 0.05) is 16.9 Å². The number of aromatic nitrogens is 4. The number of methoxy groups -OCH3 is 1. The van der Waals surface area contributed by atoms with Crippen molar-refractivity contribution in [2.24, 2.45) is 0 Å². The Morgan fingerprint density at radius 2 is 1.79 bits per heavy atom. The maximum atomic E-state index is 13.7. The number of halogens is 4. The van der Waals surface area contributed by atoms with Gasteiger partial charge in [-0.25, -0.2) is 14.4 Å². The Labute approximate surface area is 219 Å². The minimum absolute atomic E-state index is 0.300. The molecule has 0 aliphatic carbocycles. The molecular formula is C27H20F4N6O2. The van der Waals surface area contributed by atoms with Crippen molar-refractivity contribution < 1.29 is 27.1 Å². The highest BCUT2D eigenvalue weighted by molar-refractivity contribution is 6.05. The molecule has 0 saturated carbocycles. The first kappa shape index (κ1) is 25.6. The number of hydrogen-bond acceptors (Lipinski definition) is 6. The van der Waals surface area contributed by atoms with Crippen LogP contribution in [0.2, 0.25) is 0 Å². The van der Waals surface area contributed by atoms with Crippen molar-refractivity contribution in [1.82, 2.24) is 20.2 Å². The fourth-order valence-corrected chi connectivity index (χ4v) is 4.05. The standard InChI is InChI=1S/C27H20F4N6O2/c1-15-3-5-17(35-26(38)16-4-10-22(28)21(11-16)27(29,30)31)12-23(15)37(18-6-8-19(39-2)9-7-18)25-20-13-34-36-24(20)32-14-33-25/h3-14H,1-2H3,(H,35,38)(H,32,33,34,36). The molecule has 0 saturated heterocycles. The number of ether oxygens (including phenoxy) is 1. The Hall–Kier alpha value is -5.00. The van der Waals surface area contributed by atoms with E-state index in [2.05, 4.69) is 25.5 Å². The lowest BCUT2D eigenvalue weighted by Crippen LogP contribution is -2.17. The van der Waals surface area contributed by atoms with Crippen LogP contribution in [0.4, 0.5) is 40.4 Å². The van der Waals surface area contributed by atoms with Crippen molar-refractivity contribution in [1.29, 1.82) is 0 Å². The lowest BCUT2D eigenvalue weighted by Gasteiger charge is -2.27. The van der Waals surface area contributed by atoms with E-state index in [9.17, 15) is 22.4 Å². The summed E-state index contributed by atoms with van der Waals surface area (Å²) in [6.45, 7) is 1.86. The number of aryl methyl sites for hydroxylation is 1. The maximum absolute atomic E-state index is 13.7. The number of nitrogens with one attached hydrogen (secondary N) is 2. The van der Waals surface area contributed by atoms with Crippen LogP contribution in [-0.2, 0) is 6.18 Å². The number of fused-ring (bicyclic) bond motifs is 1. The van der Waals surface area contributed by atoms with Gasteiger partial charge in [0.15, 0.2) is 11.5 Å². The molecular weight excluding hydrogens is 516 g/mol. The molecule has 39 heavy (non-hydrogen) atoms. The summed E-state index contributed by atoms with van der Waals surface area (Å²) in [6, 6.07) is 14.4. The number of alkyl halides is 3. The summed E-state index contributed by atoms with van der Waals surface area (Å²) < 4.78 is 58.5. The molecule has 0 aliphatic rings. The molecule has 1 amide bonds. The highest BCUT2D eigenvalue weighted by Gasteiger charge is 2.34. The van der Waals surface area contributed by atoms with Crippen molar-refractivity contribution >= 4 is 39.8 Å². The Morgan fingerprint density at radius 1 is 1.03 bits per heavy atom. The van der Waals surface area contributed by atoms with E-state index in [0.29, 0.717) is 51.8 Å². The van der Waals surface area contributed by atoms with Gasteiger partial charge in [-0.3, -0.25) is 14.8 Å². The molecule has 2 heterocycles. The van der Waals surface area contributed by atoms with E-state index >= 15 is 0 Å². The Balaban J connectivity index is 1.57. The van der Waals surface area contributed by atoms with Crippen LogP contribution >= 0.6 is 0 Å². The molecule has 2 aromatic heterocycles. The third kappa shape index (κ3) is 5.08. The smallest absolute Gasteiger partial charge is 0.419 e. The number of benzene rings is 3. The summed E-state index contributed by atoms with van der Waals surface area (Å²) in [4.78, 5) is 23.4. The topological polar surface area (TPSA) is 96.0 Å². The SMILES string of the molecule is COc1ccc(N(c2cc(NC(=O)c3ccc(F)c(C(F)(F)F)c3)ccc2C)c2ncnc3[nH]ncc23)cc1. The molecule has 0 fully saturated rings. The van der Waals surface area contributed by atoms with Gasteiger partial charge in [-0.2, -0.15) is 18.3 Å². The number of nitrogens with zero attached hydrogens (tertiary/aromatic N) is 4. The fourth-order valence-electron chi connectivity index (χ4n) is 4.05. The number of amides is 1. The minimum Gasteiger partial charge on any atom is -0.497 e. The number of carbonyl (C=O) groups excluding carboxylic acids is 1. The van der Waals surface area contributed by atoms with Crippen molar-refractivity contribution in [3.05, 3.63) is 95.7 Å². The normalized spacial score (nSPS) is 11.4. The van der Waals surface area contributed by atoms with E-state index in [1.807, 2.05) is 24.0 Å². The first-order chi connectivity index (χ1) is 18.7. The van der Waals surface area contributed by atoms with Gasteiger partial charge in [0.1, 0.15) is 17.9 Å². The van der Waals surface area contributed by atoms with E-state index in [0.717, 1.165) is 11.6 Å². The van der Waals surface area contributed by atoms with Crippen molar-refractivity contribution in [3.8, 4) is 5.75 Å². The van der Waals surface area contributed by atoms with Crippen LogP contribution in [0.1, 0.15) is 21.5 Å². The number of aromatic amines is 1. The third-order valence-electron chi connectivity index (χ3n) is 6.01. The summed E-state index contributed by atoms with van der Waals surface area (Å²) in [5.41, 5.74) is 1.09. The first-order valence-electron chi connectivity index (χ1n) is 11.5. The average Bonchev–Trinajstić information content (AvgIpc) is 3.40. The van der Waals surface area contributed by atoms with Gasteiger partial charge in [-0.15, -0.1) is 0 Å². The second-order valence-electron chi connectivity index (χ2n) is 8.51. The van der Waals surface area contributed by atoms with Crippen LogP contribution in [0.25, 0.3) is 11.0 Å². The van der Waals surface area contributed by atoms with E-state index in [-0.39, 0.29) is 5.56 Å². The van der Waals surface area contributed by atoms with Crippen molar-refractivity contribution in [2.75, 3.05) is 17.3 Å². The van der Waals surface area contributed by atoms with Crippen LogP contribution in [0.5, 0.6) is 5.75 Å². The zero-order chi connectivity index (χ0) is 27.7. The number of rotatable bonds is 6. The molecule has 3 aromatic carbocycles. The molecule has 0 spiro atoms. The summed E-state index contributed by atoms with van der Waals surface area (Å²) in [6.07, 6.45) is -1.96. The highest BCUT2D eigenvalue weighted by Crippen LogP contribution is 2.40. The van der Waals surface area contributed by atoms with E-state index in [1.165, 1.54) is 6.33 Å². The molecule has 0 aliphatic heterocycles. The van der Waals surface area contributed by atoms with Gasteiger partial charge in [0.05, 0.1) is 29.9 Å². The third-order valence-corrected chi connectivity index (χ3v) is 6.01. The van der Waals surface area contributed by atoms with Crippen LogP contribution in [0, 0.1) is 12.7 Å². The molecule has 0 bridgehead atoms. The first-order valence-corrected chi connectivity index (χ1v) is 11.5. The molecule has 0 radical (unpaired) electrons. The van der Waals surface area contributed by atoms with Gasteiger partial charge < -0.3 is 10.1 Å². The van der Waals surface area contributed by atoms with Gasteiger partial charge in [0.25, 0.3) is 5.91 Å². The van der Waals surface area contributed by atoms with Crippen molar-refractivity contribution in [2.45, 2.75) is 13.1 Å². The van der Waals surface area contributed by atoms with Gasteiger partial charge in [0.2, 0.25) is 0 Å². The summed E-state index contributed by atoms with van der Waals surface area (Å²) in [5.74, 6) is -1.14. The van der Waals surface area contributed by atoms with Crippen LogP contribution in [0.3, 0.4) is 0 Å². The Morgan fingerprint density at radius 3 is 2.51 bits per heavy atom. The van der Waals surface area contributed by atoms with E-state index < -0.39 is 23.5 Å². The minimum atomic E-state index is -4.94. The van der Waals surface area contributed by atoms with Crippen molar-refractivity contribution in [3.63, 3.8) is 0 Å². The quantitative estimate of drug-likeness (QED) is 0.239. The van der Waals surface area contributed by atoms with Gasteiger partial charge in [-0.05, 0) is 67.1 Å². The lowest BCUT2D eigenvalue weighted by molar-refractivity contribution is -0.140. The van der Waals surface area contributed by atoms with Crippen LogP contribution < -0.4 is 15.0 Å². The van der Waals surface area contributed by atoms with Gasteiger partial charge >= 0.3 is 6.18 Å².